The van der Waals surface area contributed by atoms with E-state index >= 15 is 0 Å². The van der Waals surface area contributed by atoms with Crippen LogP contribution in [0.15, 0.2) is 39.6 Å². The predicted octanol–water partition coefficient (Wildman–Crippen LogP) is 2.14. The van der Waals surface area contributed by atoms with Crippen LogP contribution in [0.3, 0.4) is 0 Å². The Kier molecular flexibility index (Phi) is 7.66. The van der Waals surface area contributed by atoms with Crippen LogP contribution < -0.4 is 4.72 Å². The van der Waals surface area contributed by atoms with Crippen molar-refractivity contribution in [3.05, 3.63) is 51.9 Å². The Morgan fingerprint density at radius 1 is 1.21 bits per heavy atom. The fourth-order valence-corrected chi connectivity index (χ4v) is 3.77. The number of hydrogen-bond donors (Lipinski definition) is 2. The highest BCUT2D eigenvalue weighted by molar-refractivity contribution is 7.89. The van der Waals surface area contributed by atoms with Gasteiger partial charge in [-0.25, -0.2) is 13.2 Å². The highest BCUT2D eigenvalue weighted by atomic mass is 35.5. The summed E-state index contributed by atoms with van der Waals surface area (Å²) in [6.45, 7) is 0.819. The third-order valence-corrected chi connectivity index (χ3v) is 5.80. The number of rotatable bonds is 8. The molecule has 0 amide bonds. The second-order valence-electron chi connectivity index (χ2n) is 5.78. The van der Waals surface area contributed by atoms with E-state index in [1.807, 2.05) is 0 Å². The number of carbonyl (C=O) groups is 2. The number of carbonyl (C=O) groups excluding carboxylic acids is 2. The predicted molar refractivity (Wildman–Crippen MR) is 102 cm³/mol. The van der Waals surface area contributed by atoms with Crippen LogP contribution >= 0.6 is 23.2 Å². The molecule has 0 aliphatic rings. The molecular weight excluding hydrogens is 449 g/mol. The second kappa shape index (κ2) is 9.59. The monoisotopic (exact) mass is 465 g/mol. The first-order valence-corrected chi connectivity index (χ1v) is 10.3. The van der Waals surface area contributed by atoms with E-state index < -0.39 is 40.7 Å². The summed E-state index contributed by atoms with van der Waals surface area (Å²) >= 11 is 11.6. The van der Waals surface area contributed by atoms with Crippen molar-refractivity contribution in [3.8, 4) is 0 Å². The minimum absolute atomic E-state index is 0.00458. The fourth-order valence-electron chi connectivity index (χ4n) is 2.12. The van der Waals surface area contributed by atoms with Gasteiger partial charge in [0.15, 0.2) is 0 Å². The van der Waals surface area contributed by atoms with Gasteiger partial charge >= 0.3 is 11.9 Å². The first kappa shape index (κ1) is 23.2. The number of aliphatic hydroxyl groups excluding tert-OH is 1. The maximum absolute atomic E-state index is 12.5. The Bertz CT molecular complexity index is 1000. The smallest absolute Gasteiger partial charge is 0.373 e. The number of halogens is 2. The average Bonchev–Trinajstić information content (AvgIpc) is 3.14. The Morgan fingerprint density at radius 2 is 1.90 bits per heavy atom. The van der Waals surface area contributed by atoms with E-state index in [9.17, 15) is 23.1 Å². The van der Waals surface area contributed by atoms with Crippen molar-refractivity contribution in [2.75, 3.05) is 7.11 Å². The molecule has 0 aliphatic heterocycles. The Morgan fingerprint density at radius 3 is 2.48 bits per heavy atom. The quantitative estimate of drug-likeness (QED) is 0.566. The van der Waals surface area contributed by atoms with Crippen LogP contribution in [0.1, 0.15) is 23.2 Å². The summed E-state index contributed by atoms with van der Waals surface area (Å²) < 4.78 is 41.7. The SMILES string of the molecule is COC(=O)c1ccc(COC(=O)C(NS(=O)(=O)c2ccc(Cl)c(Cl)c2)C(C)O)o1. The lowest BCUT2D eigenvalue weighted by molar-refractivity contribution is -0.150. The number of furan rings is 1. The number of benzene rings is 1. The summed E-state index contributed by atoms with van der Waals surface area (Å²) in [5.41, 5.74) is 0. The zero-order valence-corrected chi connectivity index (χ0v) is 17.5. The molecule has 2 rings (SSSR count). The van der Waals surface area contributed by atoms with Gasteiger partial charge in [-0.2, -0.15) is 4.72 Å². The number of ether oxygens (including phenoxy) is 2. The number of hydrogen-bond acceptors (Lipinski definition) is 8. The first-order chi connectivity index (χ1) is 13.5. The summed E-state index contributed by atoms with van der Waals surface area (Å²) in [5.74, 6) is -1.74. The lowest BCUT2D eigenvalue weighted by Crippen LogP contribution is -2.48. The standard InChI is InChI=1S/C17H17Cl2NO8S/c1-9(21)15(20-29(24,25)11-4-5-12(18)13(19)7-11)17(23)27-8-10-3-6-14(28-10)16(22)26-2/h3-7,9,15,20-21H,8H2,1-2H3. The molecule has 2 aromatic rings. The van der Waals surface area contributed by atoms with Crippen molar-refractivity contribution < 1.29 is 37.0 Å². The first-order valence-electron chi connectivity index (χ1n) is 8.04. The molecular formula is C17H17Cl2NO8S. The third-order valence-electron chi connectivity index (χ3n) is 3.62. The van der Waals surface area contributed by atoms with Crippen molar-refractivity contribution in [1.29, 1.82) is 0 Å². The van der Waals surface area contributed by atoms with E-state index in [2.05, 4.69) is 9.46 Å². The number of sulfonamides is 1. The normalized spacial score (nSPS) is 13.6. The molecule has 2 N–H and O–H groups in total. The zero-order chi connectivity index (χ0) is 21.8. The lowest BCUT2D eigenvalue weighted by atomic mass is 10.2. The summed E-state index contributed by atoms with van der Waals surface area (Å²) in [4.78, 5) is 23.4. The second-order valence-corrected chi connectivity index (χ2v) is 8.31. The van der Waals surface area contributed by atoms with Crippen molar-refractivity contribution in [1.82, 2.24) is 4.72 Å². The Labute approximate surface area is 176 Å². The molecule has 2 atom stereocenters. The average molecular weight is 466 g/mol. The van der Waals surface area contributed by atoms with Crippen LogP contribution in [0.2, 0.25) is 10.0 Å². The van der Waals surface area contributed by atoms with Crippen LogP contribution in [0.5, 0.6) is 0 Å². The summed E-state index contributed by atoms with van der Waals surface area (Å²) in [7, 11) is -3.04. The number of aliphatic hydroxyl groups is 1. The molecule has 9 nitrogen and oxygen atoms in total. The topological polar surface area (TPSA) is 132 Å². The molecule has 2 unspecified atom stereocenters. The molecule has 0 saturated heterocycles. The van der Waals surface area contributed by atoms with E-state index in [4.69, 9.17) is 32.4 Å². The number of methoxy groups -OCH3 is 1. The number of nitrogens with one attached hydrogen (secondary N) is 1. The van der Waals surface area contributed by atoms with Crippen LogP contribution in [0, 0.1) is 0 Å². The largest absolute Gasteiger partial charge is 0.463 e. The summed E-state index contributed by atoms with van der Waals surface area (Å²) in [6, 6.07) is 4.69. The molecule has 29 heavy (non-hydrogen) atoms. The van der Waals surface area contributed by atoms with E-state index in [0.717, 1.165) is 6.07 Å². The van der Waals surface area contributed by atoms with Crippen molar-refractivity contribution in [2.24, 2.45) is 0 Å². The maximum atomic E-state index is 12.5. The molecule has 0 radical (unpaired) electrons. The molecule has 0 saturated carbocycles. The Hall–Kier alpha value is -2.11. The van der Waals surface area contributed by atoms with Gasteiger partial charge in [-0.05, 0) is 37.3 Å². The fraction of sp³-hybridized carbons (Fsp3) is 0.294. The van der Waals surface area contributed by atoms with Gasteiger partial charge in [-0.15, -0.1) is 0 Å². The summed E-state index contributed by atoms with van der Waals surface area (Å²) in [5, 5.41) is 10.00. The minimum Gasteiger partial charge on any atom is -0.463 e. The van der Waals surface area contributed by atoms with Crippen LogP contribution in [-0.2, 0) is 30.9 Å². The molecule has 1 heterocycles. The molecule has 1 aromatic carbocycles. The molecule has 1 aromatic heterocycles. The molecule has 0 fully saturated rings. The third kappa shape index (κ3) is 5.94. The molecule has 12 heteroatoms. The van der Waals surface area contributed by atoms with Gasteiger partial charge in [0, 0.05) is 0 Å². The van der Waals surface area contributed by atoms with E-state index in [-0.39, 0.29) is 26.5 Å². The van der Waals surface area contributed by atoms with Gasteiger partial charge in [-0.1, -0.05) is 23.2 Å². The highest BCUT2D eigenvalue weighted by Gasteiger charge is 2.31. The van der Waals surface area contributed by atoms with Gasteiger partial charge in [0.25, 0.3) is 0 Å². The molecule has 158 valence electrons. The van der Waals surface area contributed by atoms with Gasteiger partial charge in [0.1, 0.15) is 18.4 Å². The van der Waals surface area contributed by atoms with Gasteiger partial charge < -0.3 is 19.0 Å². The lowest BCUT2D eigenvalue weighted by Gasteiger charge is -2.20. The number of esters is 2. The zero-order valence-electron chi connectivity index (χ0n) is 15.2. The molecule has 0 bridgehead atoms. The minimum atomic E-state index is -4.22. The molecule has 0 spiro atoms. The Balaban J connectivity index is 2.10. The van der Waals surface area contributed by atoms with Gasteiger partial charge in [-0.3, -0.25) is 4.79 Å². The van der Waals surface area contributed by atoms with E-state index in [1.54, 1.807) is 0 Å². The van der Waals surface area contributed by atoms with Gasteiger partial charge in [0.05, 0.1) is 28.2 Å². The van der Waals surface area contributed by atoms with Crippen molar-refractivity contribution >= 4 is 45.2 Å². The van der Waals surface area contributed by atoms with Gasteiger partial charge in [0.2, 0.25) is 15.8 Å². The van der Waals surface area contributed by atoms with Crippen molar-refractivity contribution in [2.45, 2.75) is 30.6 Å². The highest BCUT2D eigenvalue weighted by Crippen LogP contribution is 2.25. The van der Waals surface area contributed by atoms with Crippen LogP contribution in [0.4, 0.5) is 0 Å². The van der Waals surface area contributed by atoms with Crippen LogP contribution in [-0.4, -0.2) is 44.7 Å². The summed E-state index contributed by atoms with van der Waals surface area (Å²) in [6.07, 6.45) is -1.41. The van der Waals surface area contributed by atoms with Crippen molar-refractivity contribution in [3.63, 3.8) is 0 Å². The van der Waals surface area contributed by atoms with Crippen LogP contribution in [0.25, 0.3) is 0 Å². The molecule has 0 aliphatic carbocycles. The maximum Gasteiger partial charge on any atom is 0.373 e. The van der Waals surface area contributed by atoms with E-state index in [0.29, 0.717) is 0 Å². The van der Waals surface area contributed by atoms with E-state index in [1.165, 1.54) is 38.3 Å².